The highest BCUT2D eigenvalue weighted by Gasteiger charge is 2.07. The standard InChI is InChI=1S/C19H25N3O/c1-3-22(4-2)14-16-5-9-17(10-6-16)19(23)21-18-11-7-15(13-20)8-12-18/h5-12H,3-4,13-14,20H2,1-2H3,(H,21,23). The first kappa shape index (κ1) is 17.2. The topological polar surface area (TPSA) is 58.4 Å². The van der Waals surface area contributed by atoms with Crippen molar-refractivity contribution in [3.8, 4) is 0 Å². The third-order valence-electron chi connectivity index (χ3n) is 3.96. The fourth-order valence-electron chi connectivity index (χ4n) is 2.39. The molecule has 0 aliphatic carbocycles. The molecule has 0 saturated carbocycles. The fourth-order valence-corrected chi connectivity index (χ4v) is 2.39. The number of nitrogens with two attached hydrogens (primary N) is 1. The van der Waals surface area contributed by atoms with Crippen molar-refractivity contribution >= 4 is 11.6 Å². The molecule has 0 atom stereocenters. The molecule has 122 valence electrons. The van der Waals surface area contributed by atoms with Gasteiger partial charge in [0, 0.05) is 24.3 Å². The molecule has 0 heterocycles. The van der Waals surface area contributed by atoms with Crippen LogP contribution in [-0.4, -0.2) is 23.9 Å². The maximum atomic E-state index is 12.3. The second kappa shape index (κ2) is 8.46. The van der Waals surface area contributed by atoms with Gasteiger partial charge in [0.1, 0.15) is 0 Å². The first-order valence-corrected chi connectivity index (χ1v) is 8.08. The van der Waals surface area contributed by atoms with E-state index in [-0.39, 0.29) is 5.91 Å². The van der Waals surface area contributed by atoms with E-state index in [1.54, 1.807) is 0 Å². The second-order valence-electron chi connectivity index (χ2n) is 5.51. The van der Waals surface area contributed by atoms with E-state index in [9.17, 15) is 4.79 Å². The number of rotatable bonds is 7. The molecule has 0 spiro atoms. The number of benzene rings is 2. The minimum Gasteiger partial charge on any atom is -0.326 e. The first-order valence-electron chi connectivity index (χ1n) is 8.08. The maximum Gasteiger partial charge on any atom is 0.255 e. The lowest BCUT2D eigenvalue weighted by Gasteiger charge is -2.18. The average molecular weight is 311 g/mol. The molecule has 1 amide bonds. The van der Waals surface area contributed by atoms with Gasteiger partial charge in [-0.3, -0.25) is 9.69 Å². The summed E-state index contributed by atoms with van der Waals surface area (Å²) < 4.78 is 0. The Bertz CT molecular complexity index is 616. The van der Waals surface area contributed by atoms with E-state index in [0.29, 0.717) is 12.1 Å². The molecule has 2 rings (SSSR count). The van der Waals surface area contributed by atoms with Crippen LogP contribution in [0.4, 0.5) is 5.69 Å². The Morgan fingerprint density at radius 3 is 2.04 bits per heavy atom. The SMILES string of the molecule is CCN(CC)Cc1ccc(C(=O)Nc2ccc(CN)cc2)cc1. The van der Waals surface area contributed by atoms with Gasteiger partial charge in [-0.15, -0.1) is 0 Å². The lowest BCUT2D eigenvalue weighted by Crippen LogP contribution is -2.22. The molecule has 0 radical (unpaired) electrons. The Morgan fingerprint density at radius 2 is 1.52 bits per heavy atom. The second-order valence-corrected chi connectivity index (χ2v) is 5.51. The van der Waals surface area contributed by atoms with E-state index < -0.39 is 0 Å². The molecular weight excluding hydrogens is 286 g/mol. The van der Waals surface area contributed by atoms with Crippen molar-refractivity contribution in [2.75, 3.05) is 18.4 Å². The number of amides is 1. The Labute approximate surface area is 138 Å². The third-order valence-corrected chi connectivity index (χ3v) is 3.96. The van der Waals surface area contributed by atoms with E-state index in [0.717, 1.165) is 30.9 Å². The highest BCUT2D eigenvalue weighted by Crippen LogP contribution is 2.12. The van der Waals surface area contributed by atoms with Gasteiger partial charge < -0.3 is 11.1 Å². The Hall–Kier alpha value is -2.17. The van der Waals surface area contributed by atoms with Gasteiger partial charge in [0.05, 0.1) is 0 Å². The molecule has 0 aliphatic heterocycles. The van der Waals surface area contributed by atoms with Crippen LogP contribution < -0.4 is 11.1 Å². The number of carbonyl (C=O) groups is 1. The van der Waals surface area contributed by atoms with Gasteiger partial charge in [0.2, 0.25) is 0 Å². The molecule has 23 heavy (non-hydrogen) atoms. The zero-order valence-corrected chi connectivity index (χ0v) is 13.9. The van der Waals surface area contributed by atoms with E-state index in [1.165, 1.54) is 5.56 Å². The molecule has 0 unspecified atom stereocenters. The third kappa shape index (κ3) is 4.91. The van der Waals surface area contributed by atoms with Crippen molar-refractivity contribution in [1.82, 2.24) is 4.90 Å². The van der Waals surface area contributed by atoms with E-state index >= 15 is 0 Å². The fraction of sp³-hybridized carbons (Fsp3) is 0.316. The predicted molar refractivity (Wildman–Crippen MR) is 95.4 cm³/mol. The first-order chi connectivity index (χ1) is 11.2. The number of nitrogens with zero attached hydrogens (tertiary/aromatic N) is 1. The molecule has 3 N–H and O–H groups in total. The summed E-state index contributed by atoms with van der Waals surface area (Å²) in [4.78, 5) is 14.6. The van der Waals surface area contributed by atoms with Gasteiger partial charge in [-0.25, -0.2) is 0 Å². The molecule has 4 nitrogen and oxygen atoms in total. The molecule has 0 aromatic heterocycles. The van der Waals surface area contributed by atoms with Gasteiger partial charge in [-0.2, -0.15) is 0 Å². The van der Waals surface area contributed by atoms with Crippen molar-refractivity contribution in [3.63, 3.8) is 0 Å². The van der Waals surface area contributed by atoms with Crippen LogP contribution in [0, 0.1) is 0 Å². The van der Waals surface area contributed by atoms with Crippen molar-refractivity contribution in [3.05, 3.63) is 65.2 Å². The molecule has 0 bridgehead atoms. The number of nitrogens with one attached hydrogen (secondary N) is 1. The molecule has 2 aromatic carbocycles. The van der Waals surface area contributed by atoms with Gasteiger partial charge >= 0.3 is 0 Å². The zero-order valence-electron chi connectivity index (χ0n) is 13.9. The van der Waals surface area contributed by atoms with Gasteiger partial charge in [-0.1, -0.05) is 38.1 Å². The summed E-state index contributed by atoms with van der Waals surface area (Å²) in [5.74, 6) is -0.0973. The van der Waals surface area contributed by atoms with Crippen LogP contribution in [0.3, 0.4) is 0 Å². The summed E-state index contributed by atoms with van der Waals surface area (Å²) in [6.45, 7) is 7.77. The van der Waals surface area contributed by atoms with Crippen LogP contribution in [-0.2, 0) is 13.1 Å². The molecule has 2 aromatic rings. The van der Waals surface area contributed by atoms with Crippen molar-refractivity contribution in [2.24, 2.45) is 5.73 Å². The van der Waals surface area contributed by atoms with Crippen molar-refractivity contribution in [2.45, 2.75) is 26.9 Å². The Balaban J connectivity index is 1.99. The summed E-state index contributed by atoms with van der Waals surface area (Å²) in [7, 11) is 0. The highest BCUT2D eigenvalue weighted by molar-refractivity contribution is 6.04. The molecular formula is C19H25N3O. The van der Waals surface area contributed by atoms with Crippen LogP contribution in [0.5, 0.6) is 0 Å². The van der Waals surface area contributed by atoms with Crippen molar-refractivity contribution in [1.29, 1.82) is 0 Å². The van der Waals surface area contributed by atoms with Crippen LogP contribution in [0.2, 0.25) is 0 Å². The molecule has 0 saturated heterocycles. The van der Waals surface area contributed by atoms with Gasteiger partial charge in [0.25, 0.3) is 5.91 Å². The smallest absolute Gasteiger partial charge is 0.255 e. The number of anilines is 1. The Kier molecular flexibility index (Phi) is 6.32. The highest BCUT2D eigenvalue weighted by atomic mass is 16.1. The minimum absolute atomic E-state index is 0.0973. The van der Waals surface area contributed by atoms with Gasteiger partial charge in [0.15, 0.2) is 0 Å². The van der Waals surface area contributed by atoms with Crippen molar-refractivity contribution < 1.29 is 4.79 Å². The lowest BCUT2D eigenvalue weighted by molar-refractivity contribution is 0.102. The predicted octanol–water partition coefficient (Wildman–Crippen LogP) is 3.24. The minimum atomic E-state index is -0.0973. The summed E-state index contributed by atoms with van der Waals surface area (Å²) in [5.41, 5.74) is 9.28. The number of hydrogen-bond donors (Lipinski definition) is 2. The Morgan fingerprint density at radius 1 is 0.957 bits per heavy atom. The normalized spacial score (nSPS) is 10.8. The van der Waals surface area contributed by atoms with E-state index in [2.05, 4.69) is 24.1 Å². The zero-order chi connectivity index (χ0) is 16.7. The summed E-state index contributed by atoms with van der Waals surface area (Å²) in [5, 5.41) is 2.90. The van der Waals surface area contributed by atoms with Crippen LogP contribution in [0.1, 0.15) is 35.3 Å². The van der Waals surface area contributed by atoms with Crippen LogP contribution in [0.25, 0.3) is 0 Å². The van der Waals surface area contributed by atoms with Crippen LogP contribution >= 0.6 is 0 Å². The molecule has 0 aliphatic rings. The maximum absolute atomic E-state index is 12.3. The number of hydrogen-bond acceptors (Lipinski definition) is 3. The largest absolute Gasteiger partial charge is 0.326 e. The monoisotopic (exact) mass is 311 g/mol. The number of carbonyl (C=O) groups excluding carboxylic acids is 1. The lowest BCUT2D eigenvalue weighted by atomic mass is 10.1. The molecule has 0 fully saturated rings. The van der Waals surface area contributed by atoms with E-state index in [4.69, 9.17) is 5.73 Å². The average Bonchev–Trinajstić information content (AvgIpc) is 2.60. The van der Waals surface area contributed by atoms with Crippen LogP contribution in [0.15, 0.2) is 48.5 Å². The summed E-state index contributed by atoms with van der Waals surface area (Å²) in [6.07, 6.45) is 0. The quantitative estimate of drug-likeness (QED) is 0.825. The van der Waals surface area contributed by atoms with Gasteiger partial charge in [-0.05, 0) is 48.5 Å². The van der Waals surface area contributed by atoms with E-state index in [1.807, 2.05) is 48.5 Å². The summed E-state index contributed by atoms with van der Waals surface area (Å²) in [6, 6.07) is 15.4. The summed E-state index contributed by atoms with van der Waals surface area (Å²) >= 11 is 0. The molecule has 4 heteroatoms.